The SMILES string of the molecule is CCNC(=NCC(=O)NC1CC1)NCC(C)(C)SC.I. The molecule has 1 amide bonds. The van der Waals surface area contributed by atoms with Crippen LogP contribution in [0.15, 0.2) is 4.99 Å². The Kier molecular flexibility index (Phi) is 9.61. The van der Waals surface area contributed by atoms with E-state index in [2.05, 4.69) is 41.0 Å². The third-order valence-electron chi connectivity index (χ3n) is 2.90. The third-order valence-corrected chi connectivity index (χ3v) is 4.15. The van der Waals surface area contributed by atoms with E-state index in [1.807, 2.05) is 6.92 Å². The first-order valence-electron chi connectivity index (χ1n) is 6.83. The number of rotatable bonds is 7. The molecule has 1 aliphatic rings. The highest BCUT2D eigenvalue weighted by atomic mass is 127. The lowest BCUT2D eigenvalue weighted by molar-refractivity contribution is -0.119. The van der Waals surface area contributed by atoms with Crippen LogP contribution in [0.4, 0.5) is 0 Å². The van der Waals surface area contributed by atoms with Crippen LogP contribution in [0.2, 0.25) is 0 Å². The number of nitrogens with one attached hydrogen (secondary N) is 3. The Morgan fingerprint density at radius 3 is 2.50 bits per heavy atom. The predicted molar refractivity (Wildman–Crippen MR) is 98.2 cm³/mol. The molecule has 7 heteroatoms. The van der Waals surface area contributed by atoms with Crippen LogP contribution >= 0.6 is 35.7 Å². The van der Waals surface area contributed by atoms with E-state index in [0.717, 1.165) is 25.9 Å². The van der Waals surface area contributed by atoms with Gasteiger partial charge in [-0.3, -0.25) is 4.79 Å². The smallest absolute Gasteiger partial charge is 0.242 e. The van der Waals surface area contributed by atoms with Gasteiger partial charge in [-0.25, -0.2) is 4.99 Å². The average Bonchev–Trinajstić information content (AvgIpc) is 3.16. The molecule has 0 aliphatic heterocycles. The Bertz CT molecular complexity index is 332. The molecule has 0 aromatic heterocycles. The summed E-state index contributed by atoms with van der Waals surface area (Å²) in [6.07, 6.45) is 4.31. The lowest BCUT2D eigenvalue weighted by Crippen LogP contribution is -2.44. The van der Waals surface area contributed by atoms with Crippen LogP contribution in [0, 0.1) is 0 Å². The molecular formula is C13H27IN4OS. The normalized spacial score (nSPS) is 15.3. The van der Waals surface area contributed by atoms with Gasteiger partial charge in [-0.1, -0.05) is 0 Å². The Labute approximate surface area is 143 Å². The second-order valence-corrected chi connectivity index (χ2v) is 6.87. The highest BCUT2D eigenvalue weighted by Gasteiger charge is 2.23. The molecule has 3 N–H and O–H groups in total. The molecule has 0 radical (unpaired) electrons. The van der Waals surface area contributed by atoms with Crippen LogP contribution in [0.1, 0.15) is 33.6 Å². The third kappa shape index (κ3) is 8.89. The van der Waals surface area contributed by atoms with Crippen LogP contribution in [0.3, 0.4) is 0 Å². The van der Waals surface area contributed by atoms with Crippen LogP contribution in [0.5, 0.6) is 0 Å². The molecule has 1 rings (SSSR count). The van der Waals surface area contributed by atoms with Gasteiger partial charge in [0.25, 0.3) is 0 Å². The van der Waals surface area contributed by atoms with Crippen molar-refractivity contribution < 1.29 is 4.79 Å². The van der Waals surface area contributed by atoms with Gasteiger partial charge in [-0.05, 0) is 39.9 Å². The Morgan fingerprint density at radius 2 is 2.00 bits per heavy atom. The summed E-state index contributed by atoms with van der Waals surface area (Å²) in [6, 6.07) is 0.397. The summed E-state index contributed by atoms with van der Waals surface area (Å²) in [5.41, 5.74) is 0. The van der Waals surface area contributed by atoms with E-state index in [0.29, 0.717) is 12.0 Å². The standard InChI is InChI=1S/C13H26N4OS.HI/c1-5-14-12(16-9-13(2,3)19-4)15-8-11(18)17-10-6-7-10;/h10H,5-9H2,1-4H3,(H,17,18)(H2,14,15,16);1H. The van der Waals surface area contributed by atoms with Gasteiger partial charge in [-0.2, -0.15) is 11.8 Å². The van der Waals surface area contributed by atoms with E-state index in [1.54, 1.807) is 11.8 Å². The number of hydrogen-bond acceptors (Lipinski definition) is 3. The number of aliphatic imine (C=N–C) groups is 1. The van der Waals surface area contributed by atoms with Gasteiger partial charge in [0.1, 0.15) is 6.54 Å². The fourth-order valence-electron chi connectivity index (χ4n) is 1.36. The monoisotopic (exact) mass is 414 g/mol. The van der Waals surface area contributed by atoms with Gasteiger partial charge in [0.15, 0.2) is 5.96 Å². The molecule has 20 heavy (non-hydrogen) atoms. The van der Waals surface area contributed by atoms with Crippen LogP contribution in [0.25, 0.3) is 0 Å². The molecule has 0 atom stereocenters. The van der Waals surface area contributed by atoms with Crippen LogP contribution in [-0.2, 0) is 4.79 Å². The van der Waals surface area contributed by atoms with E-state index in [9.17, 15) is 4.79 Å². The lowest BCUT2D eigenvalue weighted by atomic mass is 10.2. The maximum absolute atomic E-state index is 11.6. The summed E-state index contributed by atoms with van der Waals surface area (Å²) in [5, 5.41) is 9.36. The molecular weight excluding hydrogens is 387 g/mol. The zero-order chi connectivity index (χ0) is 14.3. The van der Waals surface area contributed by atoms with E-state index in [4.69, 9.17) is 0 Å². The Hall–Kier alpha value is -0.180. The molecule has 118 valence electrons. The zero-order valence-electron chi connectivity index (χ0n) is 12.8. The molecule has 1 aliphatic carbocycles. The van der Waals surface area contributed by atoms with E-state index in [1.165, 1.54) is 0 Å². The van der Waals surface area contributed by atoms with Crippen molar-refractivity contribution in [2.45, 2.75) is 44.4 Å². The first-order chi connectivity index (χ1) is 8.96. The van der Waals surface area contributed by atoms with Gasteiger partial charge in [0.05, 0.1) is 0 Å². The fourth-order valence-corrected chi connectivity index (χ4v) is 1.58. The second kappa shape index (κ2) is 9.70. The molecule has 0 spiro atoms. The van der Waals surface area contributed by atoms with Crippen LogP contribution < -0.4 is 16.0 Å². The molecule has 0 heterocycles. The van der Waals surface area contributed by atoms with E-state index < -0.39 is 0 Å². The summed E-state index contributed by atoms with van der Waals surface area (Å²) in [6.45, 7) is 8.15. The first kappa shape index (κ1) is 19.8. The van der Waals surface area contributed by atoms with Gasteiger partial charge in [0.2, 0.25) is 5.91 Å². The number of nitrogens with zero attached hydrogens (tertiary/aromatic N) is 1. The average molecular weight is 414 g/mol. The van der Waals surface area contributed by atoms with Crippen LogP contribution in [-0.4, -0.2) is 48.5 Å². The van der Waals surface area contributed by atoms with Gasteiger partial charge < -0.3 is 16.0 Å². The largest absolute Gasteiger partial charge is 0.357 e. The number of carbonyl (C=O) groups is 1. The molecule has 0 aromatic rings. The van der Waals surface area contributed by atoms with Crippen molar-refractivity contribution in [2.75, 3.05) is 25.9 Å². The van der Waals surface area contributed by atoms with Gasteiger partial charge in [0, 0.05) is 23.9 Å². The Morgan fingerprint density at radius 1 is 1.35 bits per heavy atom. The summed E-state index contributed by atoms with van der Waals surface area (Å²) in [5.74, 6) is 0.708. The summed E-state index contributed by atoms with van der Waals surface area (Å²) in [7, 11) is 0. The van der Waals surface area contributed by atoms with Crippen molar-refractivity contribution in [3.63, 3.8) is 0 Å². The quantitative estimate of drug-likeness (QED) is 0.336. The number of halogens is 1. The second-order valence-electron chi connectivity index (χ2n) is 5.35. The van der Waals surface area contributed by atoms with Crippen molar-refractivity contribution >= 4 is 47.6 Å². The summed E-state index contributed by atoms with van der Waals surface area (Å²) < 4.78 is 0.145. The molecule has 0 unspecified atom stereocenters. The zero-order valence-corrected chi connectivity index (χ0v) is 15.9. The molecule has 5 nitrogen and oxygen atoms in total. The molecule has 0 aromatic carbocycles. The number of carbonyl (C=O) groups excluding carboxylic acids is 1. The van der Waals surface area contributed by atoms with Crippen molar-refractivity contribution in [1.29, 1.82) is 0 Å². The van der Waals surface area contributed by atoms with Crippen molar-refractivity contribution in [2.24, 2.45) is 4.99 Å². The fraction of sp³-hybridized carbons (Fsp3) is 0.846. The predicted octanol–water partition coefficient (Wildman–Crippen LogP) is 1.58. The van der Waals surface area contributed by atoms with Gasteiger partial charge >= 0.3 is 0 Å². The van der Waals surface area contributed by atoms with E-state index in [-0.39, 0.29) is 41.2 Å². The molecule has 1 fully saturated rings. The minimum absolute atomic E-state index is 0. The molecule has 0 bridgehead atoms. The van der Waals surface area contributed by atoms with E-state index >= 15 is 0 Å². The highest BCUT2D eigenvalue weighted by Crippen LogP contribution is 2.19. The van der Waals surface area contributed by atoms with Crippen molar-refractivity contribution in [3.05, 3.63) is 0 Å². The lowest BCUT2D eigenvalue weighted by Gasteiger charge is -2.23. The van der Waals surface area contributed by atoms with Gasteiger partial charge in [-0.15, -0.1) is 24.0 Å². The number of thioether (sulfide) groups is 1. The first-order valence-corrected chi connectivity index (χ1v) is 8.06. The highest BCUT2D eigenvalue weighted by molar-refractivity contribution is 14.0. The summed E-state index contributed by atoms with van der Waals surface area (Å²) >= 11 is 1.80. The number of hydrogen-bond donors (Lipinski definition) is 3. The van der Waals surface area contributed by atoms with Crippen molar-refractivity contribution in [1.82, 2.24) is 16.0 Å². The molecule has 0 saturated heterocycles. The minimum atomic E-state index is 0. The number of amides is 1. The molecule has 1 saturated carbocycles. The topological polar surface area (TPSA) is 65.5 Å². The Balaban J connectivity index is 0.00000361. The summed E-state index contributed by atoms with van der Waals surface area (Å²) in [4.78, 5) is 15.9. The maximum Gasteiger partial charge on any atom is 0.242 e. The number of guanidine groups is 1. The van der Waals surface area contributed by atoms with Crippen molar-refractivity contribution in [3.8, 4) is 0 Å². The minimum Gasteiger partial charge on any atom is -0.357 e. The maximum atomic E-state index is 11.6.